The van der Waals surface area contributed by atoms with Gasteiger partial charge < -0.3 is 10.6 Å². The first-order valence-electron chi connectivity index (χ1n) is 7.04. The van der Waals surface area contributed by atoms with Gasteiger partial charge in [-0.05, 0) is 54.8 Å². The summed E-state index contributed by atoms with van der Waals surface area (Å²) in [5.41, 5.74) is 4.87. The van der Waals surface area contributed by atoms with E-state index >= 15 is 0 Å². The van der Waals surface area contributed by atoms with Gasteiger partial charge in [0, 0.05) is 12.2 Å². The first kappa shape index (κ1) is 14.1. The van der Waals surface area contributed by atoms with Crippen molar-refractivity contribution in [2.45, 2.75) is 19.9 Å². The molecule has 4 heteroatoms. The molecule has 0 aromatic heterocycles. The van der Waals surface area contributed by atoms with E-state index in [-0.39, 0.29) is 5.91 Å². The molecule has 0 fully saturated rings. The zero-order valence-corrected chi connectivity index (χ0v) is 12.6. The van der Waals surface area contributed by atoms with Gasteiger partial charge in [0.05, 0.1) is 10.6 Å². The van der Waals surface area contributed by atoms with Crippen LogP contribution in [0.5, 0.6) is 0 Å². The largest absolute Gasteiger partial charge is 0.322 e. The third-order valence-electron chi connectivity index (χ3n) is 3.76. The fourth-order valence-corrected chi connectivity index (χ4v) is 2.95. The third kappa shape index (κ3) is 2.94. The number of hydrogen-bond donors (Lipinski definition) is 2. The van der Waals surface area contributed by atoms with Crippen LogP contribution < -0.4 is 10.6 Å². The molecule has 1 aliphatic heterocycles. The van der Waals surface area contributed by atoms with Gasteiger partial charge >= 0.3 is 0 Å². The summed E-state index contributed by atoms with van der Waals surface area (Å²) in [6.45, 7) is 3.72. The Kier molecular flexibility index (Phi) is 3.95. The number of rotatable bonds is 2. The van der Waals surface area contributed by atoms with E-state index in [4.69, 9.17) is 11.6 Å². The number of benzene rings is 2. The van der Waals surface area contributed by atoms with Gasteiger partial charge in [0.25, 0.3) is 5.91 Å². The Morgan fingerprint density at radius 1 is 1.29 bits per heavy atom. The van der Waals surface area contributed by atoms with Crippen LogP contribution in [0.1, 0.15) is 27.0 Å². The van der Waals surface area contributed by atoms with Crippen molar-refractivity contribution >= 4 is 23.2 Å². The molecular formula is C17H17ClN2O. The molecule has 2 N–H and O–H groups in total. The molecule has 3 nitrogen and oxygen atoms in total. The predicted octanol–water partition coefficient (Wildman–Crippen LogP) is 3.55. The summed E-state index contributed by atoms with van der Waals surface area (Å²) < 4.78 is 0. The van der Waals surface area contributed by atoms with Crippen LogP contribution in [0, 0.1) is 6.92 Å². The molecule has 0 bridgehead atoms. The summed E-state index contributed by atoms with van der Waals surface area (Å²) in [7, 11) is 0. The highest BCUT2D eigenvalue weighted by Crippen LogP contribution is 2.25. The fraction of sp³-hybridized carbons (Fsp3) is 0.235. The molecule has 0 saturated carbocycles. The van der Waals surface area contributed by atoms with Crippen LogP contribution in [0.3, 0.4) is 0 Å². The molecule has 3 rings (SSSR count). The SMILES string of the molecule is Cc1ccc(C(=O)Nc2cccc3c2CNCC3)c(Cl)c1. The molecule has 0 saturated heterocycles. The minimum Gasteiger partial charge on any atom is -0.322 e. The number of aryl methyl sites for hydroxylation is 1. The van der Waals surface area contributed by atoms with Gasteiger partial charge in [-0.3, -0.25) is 4.79 Å². The molecule has 108 valence electrons. The van der Waals surface area contributed by atoms with E-state index in [0.717, 1.165) is 30.8 Å². The smallest absolute Gasteiger partial charge is 0.257 e. The molecular weight excluding hydrogens is 284 g/mol. The highest BCUT2D eigenvalue weighted by molar-refractivity contribution is 6.34. The van der Waals surface area contributed by atoms with Crippen LogP contribution in [-0.4, -0.2) is 12.5 Å². The summed E-state index contributed by atoms with van der Waals surface area (Å²) >= 11 is 6.16. The summed E-state index contributed by atoms with van der Waals surface area (Å²) in [4.78, 5) is 12.4. The second kappa shape index (κ2) is 5.88. The minimum absolute atomic E-state index is 0.168. The molecule has 1 aliphatic rings. The Balaban J connectivity index is 1.88. The molecule has 2 aromatic rings. The zero-order chi connectivity index (χ0) is 14.8. The molecule has 2 aromatic carbocycles. The van der Waals surface area contributed by atoms with Crippen LogP contribution in [-0.2, 0) is 13.0 Å². The zero-order valence-electron chi connectivity index (χ0n) is 11.9. The van der Waals surface area contributed by atoms with Crippen molar-refractivity contribution in [3.05, 3.63) is 63.7 Å². The molecule has 0 atom stereocenters. The van der Waals surface area contributed by atoms with Crippen molar-refractivity contribution in [3.8, 4) is 0 Å². The Bertz CT molecular complexity index is 697. The summed E-state index contributed by atoms with van der Waals surface area (Å²) in [6.07, 6.45) is 0.990. The normalized spacial score (nSPS) is 13.6. The van der Waals surface area contributed by atoms with Gasteiger partial charge in [-0.25, -0.2) is 0 Å². The van der Waals surface area contributed by atoms with E-state index < -0.39 is 0 Å². The number of carbonyl (C=O) groups is 1. The standard InChI is InChI=1S/C17H17ClN2O/c1-11-5-6-13(15(18)9-11)17(21)20-16-4-2-3-12-7-8-19-10-14(12)16/h2-6,9,19H,7-8,10H2,1H3,(H,20,21). The summed E-state index contributed by atoms with van der Waals surface area (Å²) in [5.74, 6) is -0.168. The van der Waals surface area contributed by atoms with E-state index in [0.29, 0.717) is 10.6 Å². The summed E-state index contributed by atoms with van der Waals surface area (Å²) in [5, 5.41) is 6.80. The molecule has 1 amide bonds. The van der Waals surface area contributed by atoms with Gasteiger partial charge in [-0.2, -0.15) is 0 Å². The van der Waals surface area contributed by atoms with Crippen LogP contribution in [0.2, 0.25) is 5.02 Å². The molecule has 0 radical (unpaired) electrons. The van der Waals surface area contributed by atoms with Gasteiger partial charge in [-0.15, -0.1) is 0 Å². The Morgan fingerprint density at radius 2 is 2.14 bits per heavy atom. The second-order valence-corrected chi connectivity index (χ2v) is 5.71. The average Bonchev–Trinajstić information content (AvgIpc) is 2.47. The van der Waals surface area contributed by atoms with E-state index in [1.165, 1.54) is 11.1 Å². The highest BCUT2D eigenvalue weighted by Gasteiger charge is 2.16. The van der Waals surface area contributed by atoms with Gasteiger partial charge in [0.15, 0.2) is 0 Å². The van der Waals surface area contributed by atoms with E-state index in [1.54, 1.807) is 12.1 Å². The number of amides is 1. The third-order valence-corrected chi connectivity index (χ3v) is 4.08. The second-order valence-electron chi connectivity index (χ2n) is 5.31. The highest BCUT2D eigenvalue weighted by atomic mass is 35.5. The Morgan fingerprint density at radius 3 is 2.95 bits per heavy atom. The van der Waals surface area contributed by atoms with Crippen molar-refractivity contribution in [1.82, 2.24) is 5.32 Å². The first-order chi connectivity index (χ1) is 10.1. The van der Waals surface area contributed by atoms with Crippen molar-refractivity contribution in [2.75, 3.05) is 11.9 Å². The van der Waals surface area contributed by atoms with Gasteiger partial charge in [0.2, 0.25) is 0 Å². The molecule has 0 aliphatic carbocycles. The topological polar surface area (TPSA) is 41.1 Å². The van der Waals surface area contributed by atoms with Crippen LogP contribution in [0.25, 0.3) is 0 Å². The quantitative estimate of drug-likeness (QED) is 0.890. The number of carbonyl (C=O) groups excluding carboxylic acids is 1. The maximum atomic E-state index is 12.4. The molecule has 21 heavy (non-hydrogen) atoms. The number of fused-ring (bicyclic) bond motifs is 1. The minimum atomic E-state index is -0.168. The maximum Gasteiger partial charge on any atom is 0.257 e. The first-order valence-corrected chi connectivity index (χ1v) is 7.42. The maximum absolute atomic E-state index is 12.4. The fourth-order valence-electron chi connectivity index (χ4n) is 2.63. The van der Waals surface area contributed by atoms with E-state index in [2.05, 4.69) is 16.7 Å². The molecule has 0 spiro atoms. The number of nitrogens with one attached hydrogen (secondary N) is 2. The lowest BCUT2D eigenvalue weighted by molar-refractivity contribution is 0.102. The predicted molar refractivity (Wildman–Crippen MR) is 86.0 cm³/mol. The van der Waals surface area contributed by atoms with Crippen molar-refractivity contribution in [3.63, 3.8) is 0 Å². The average molecular weight is 301 g/mol. The molecule has 0 unspecified atom stereocenters. The number of hydrogen-bond acceptors (Lipinski definition) is 2. The van der Waals surface area contributed by atoms with Crippen molar-refractivity contribution < 1.29 is 4.79 Å². The lowest BCUT2D eigenvalue weighted by atomic mass is 9.99. The Hall–Kier alpha value is -1.84. The van der Waals surface area contributed by atoms with Crippen molar-refractivity contribution in [2.24, 2.45) is 0 Å². The van der Waals surface area contributed by atoms with Crippen molar-refractivity contribution in [1.29, 1.82) is 0 Å². The lowest BCUT2D eigenvalue weighted by Gasteiger charge is -2.20. The Labute approximate surface area is 129 Å². The van der Waals surface area contributed by atoms with Crippen LogP contribution >= 0.6 is 11.6 Å². The van der Waals surface area contributed by atoms with E-state index in [9.17, 15) is 4.79 Å². The monoisotopic (exact) mass is 300 g/mol. The van der Waals surface area contributed by atoms with Crippen LogP contribution in [0.15, 0.2) is 36.4 Å². The van der Waals surface area contributed by atoms with Crippen LogP contribution in [0.4, 0.5) is 5.69 Å². The summed E-state index contributed by atoms with van der Waals surface area (Å²) in [6, 6.07) is 11.5. The van der Waals surface area contributed by atoms with Gasteiger partial charge in [0.1, 0.15) is 0 Å². The molecule has 1 heterocycles. The number of halogens is 1. The van der Waals surface area contributed by atoms with E-state index in [1.807, 2.05) is 25.1 Å². The van der Waals surface area contributed by atoms with Gasteiger partial charge in [-0.1, -0.05) is 29.8 Å². The number of anilines is 1. The lowest BCUT2D eigenvalue weighted by Crippen LogP contribution is -2.25.